The van der Waals surface area contributed by atoms with Crippen LogP contribution in [0.4, 0.5) is 0 Å². The minimum Gasteiger partial charge on any atom is -0.480 e. The molecule has 25 heavy (non-hydrogen) atoms. The monoisotopic (exact) mass is 361 g/mol. The first-order valence-corrected chi connectivity index (χ1v) is 8.98. The number of nitrogens with one attached hydrogen (secondary N) is 1. The highest BCUT2D eigenvalue weighted by Gasteiger charge is 2.16. The number of aliphatic imine (C=N–C) groups is 1. The molecule has 0 atom stereocenters. The molecule has 1 amide bonds. The molecule has 5 nitrogen and oxygen atoms in total. The van der Waals surface area contributed by atoms with Crippen LogP contribution in [0.3, 0.4) is 0 Å². The molecule has 0 spiro atoms. The van der Waals surface area contributed by atoms with Gasteiger partial charge in [-0.25, -0.2) is 4.99 Å². The number of amides is 1. The lowest BCUT2D eigenvalue weighted by molar-refractivity contribution is 0.0973. The largest absolute Gasteiger partial charge is 0.480 e. The summed E-state index contributed by atoms with van der Waals surface area (Å²) in [5, 5.41) is 3.05. The summed E-state index contributed by atoms with van der Waals surface area (Å²) in [7, 11) is 0. The third kappa shape index (κ3) is 6.32. The van der Waals surface area contributed by atoms with Gasteiger partial charge in [-0.15, -0.1) is 6.42 Å². The maximum Gasteiger partial charge on any atom is 0.261 e. The van der Waals surface area contributed by atoms with E-state index in [9.17, 15) is 4.79 Å². The van der Waals surface area contributed by atoms with Gasteiger partial charge in [0.1, 0.15) is 12.4 Å². The first-order valence-electron chi connectivity index (χ1n) is 8.60. The number of carbonyl (C=O) groups is 1. The molecule has 1 aliphatic carbocycles. The van der Waals surface area contributed by atoms with Crippen LogP contribution in [0.15, 0.2) is 23.2 Å². The van der Waals surface area contributed by atoms with E-state index in [1.54, 1.807) is 12.1 Å². The topological polar surface area (TPSA) is 76.7 Å². The highest BCUT2D eigenvalue weighted by molar-refractivity contribution is 6.31. The highest BCUT2D eigenvalue weighted by atomic mass is 35.5. The van der Waals surface area contributed by atoms with E-state index in [2.05, 4.69) is 16.2 Å². The third-order valence-corrected chi connectivity index (χ3v) is 4.37. The van der Waals surface area contributed by atoms with E-state index >= 15 is 0 Å². The SMILES string of the molecule is C#CCOc1ccc(Cl)cc1C(=O)NC(N)=NC1CCCCCCC1. The molecule has 0 radical (unpaired) electrons. The van der Waals surface area contributed by atoms with E-state index in [0.717, 1.165) is 25.7 Å². The van der Waals surface area contributed by atoms with E-state index in [-0.39, 0.29) is 24.2 Å². The van der Waals surface area contributed by atoms with Gasteiger partial charge in [-0.1, -0.05) is 49.6 Å². The molecule has 0 heterocycles. The molecule has 2 rings (SSSR count). The fourth-order valence-electron chi connectivity index (χ4n) is 2.90. The van der Waals surface area contributed by atoms with Crippen LogP contribution in [0.1, 0.15) is 55.3 Å². The Bertz CT molecular complexity index is 659. The minimum atomic E-state index is -0.415. The molecule has 3 N–H and O–H groups in total. The zero-order chi connectivity index (χ0) is 18.1. The van der Waals surface area contributed by atoms with Gasteiger partial charge in [-0.3, -0.25) is 10.1 Å². The second-order valence-electron chi connectivity index (χ2n) is 6.10. The van der Waals surface area contributed by atoms with Crippen molar-refractivity contribution in [3.8, 4) is 18.1 Å². The molecule has 1 fully saturated rings. The molecule has 6 heteroatoms. The zero-order valence-corrected chi connectivity index (χ0v) is 15.0. The van der Waals surface area contributed by atoms with Crippen LogP contribution in [0.25, 0.3) is 0 Å². The molecular formula is C19H24ClN3O2. The summed E-state index contributed by atoms with van der Waals surface area (Å²) < 4.78 is 5.39. The number of hydrogen-bond acceptors (Lipinski definition) is 3. The Morgan fingerprint density at radius 1 is 1.32 bits per heavy atom. The predicted molar refractivity (Wildman–Crippen MR) is 101 cm³/mol. The summed E-state index contributed by atoms with van der Waals surface area (Å²) >= 11 is 5.98. The Kier molecular flexibility index (Phi) is 7.62. The van der Waals surface area contributed by atoms with Gasteiger partial charge in [0, 0.05) is 5.02 Å². The van der Waals surface area contributed by atoms with E-state index < -0.39 is 5.91 Å². The summed E-state index contributed by atoms with van der Waals surface area (Å²) in [5.41, 5.74) is 6.21. The number of benzene rings is 1. The quantitative estimate of drug-likeness (QED) is 0.489. The molecule has 0 bridgehead atoms. The second-order valence-corrected chi connectivity index (χ2v) is 6.54. The average molecular weight is 362 g/mol. The number of nitrogens with zero attached hydrogens (tertiary/aromatic N) is 1. The lowest BCUT2D eigenvalue weighted by Gasteiger charge is -2.17. The van der Waals surface area contributed by atoms with Crippen molar-refractivity contribution < 1.29 is 9.53 Å². The van der Waals surface area contributed by atoms with Crippen molar-refractivity contribution in [1.82, 2.24) is 5.32 Å². The van der Waals surface area contributed by atoms with Crippen LogP contribution in [-0.2, 0) is 0 Å². The fraction of sp³-hybridized carbons (Fsp3) is 0.474. The van der Waals surface area contributed by atoms with Crippen molar-refractivity contribution in [1.29, 1.82) is 0 Å². The van der Waals surface area contributed by atoms with Gasteiger partial charge in [0.05, 0.1) is 11.6 Å². The standard InChI is InChI=1S/C19H24ClN3O2/c1-2-12-25-17-11-10-14(20)13-16(17)18(24)23-19(21)22-15-8-6-4-3-5-7-9-15/h1,10-11,13,15H,3-9,12H2,(H3,21,22,23,24). The van der Waals surface area contributed by atoms with Gasteiger partial charge in [0.25, 0.3) is 5.91 Å². The van der Waals surface area contributed by atoms with E-state index in [1.165, 1.54) is 25.3 Å². The molecule has 0 aliphatic heterocycles. The van der Waals surface area contributed by atoms with Crippen molar-refractivity contribution in [2.24, 2.45) is 10.7 Å². The zero-order valence-electron chi connectivity index (χ0n) is 14.3. The van der Waals surface area contributed by atoms with Crippen molar-refractivity contribution in [3.63, 3.8) is 0 Å². The Balaban J connectivity index is 2.06. The smallest absolute Gasteiger partial charge is 0.261 e. The second kappa shape index (κ2) is 9.95. The van der Waals surface area contributed by atoms with E-state index in [4.69, 9.17) is 28.5 Å². The van der Waals surface area contributed by atoms with Gasteiger partial charge in [-0.2, -0.15) is 0 Å². The van der Waals surface area contributed by atoms with Crippen LogP contribution in [0.5, 0.6) is 5.75 Å². The molecule has 0 unspecified atom stereocenters. The maximum absolute atomic E-state index is 12.5. The average Bonchev–Trinajstić information content (AvgIpc) is 2.56. The van der Waals surface area contributed by atoms with Crippen LogP contribution in [0, 0.1) is 12.3 Å². The van der Waals surface area contributed by atoms with Gasteiger partial charge < -0.3 is 10.5 Å². The van der Waals surface area contributed by atoms with E-state index in [0.29, 0.717) is 10.8 Å². The summed E-state index contributed by atoms with van der Waals surface area (Å²) in [6.45, 7) is 0.0631. The Labute approximate surface area is 154 Å². The Morgan fingerprint density at radius 3 is 2.68 bits per heavy atom. The molecule has 1 aromatic rings. The van der Waals surface area contributed by atoms with Crippen LogP contribution < -0.4 is 15.8 Å². The summed E-state index contributed by atoms with van der Waals surface area (Å²) in [6, 6.07) is 4.93. The van der Waals surface area contributed by atoms with Crippen molar-refractivity contribution >= 4 is 23.5 Å². The Morgan fingerprint density at radius 2 is 2.00 bits per heavy atom. The normalized spacial score (nSPS) is 16.4. The lowest BCUT2D eigenvalue weighted by Crippen LogP contribution is -2.38. The van der Waals surface area contributed by atoms with Gasteiger partial charge in [0.15, 0.2) is 5.96 Å². The van der Waals surface area contributed by atoms with Crippen molar-refractivity contribution in [2.45, 2.75) is 51.0 Å². The molecular weight excluding hydrogens is 338 g/mol. The minimum absolute atomic E-state index is 0.0631. The van der Waals surface area contributed by atoms with Gasteiger partial charge in [-0.05, 0) is 31.0 Å². The van der Waals surface area contributed by atoms with Gasteiger partial charge >= 0.3 is 0 Å². The fourth-order valence-corrected chi connectivity index (χ4v) is 3.07. The van der Waals surface area contributed by atoms with Crippen LogP contribution in [0.2, 0.25) is 5.02 Å². The number of ether oxygens (including phenoxy) is 1. The number of nitrogens with two attached hydrogens (primary N) is 1. The highest BCUT2D eigenvalue weighted by Crippen LogP contribution is 2.23. The van der Waals surface area contributed by atoms with Crippen LogP contribution in [-0.4, -0.2) is 24.5 Å². The molecule has 0 aromatic heterocycles. The molecule has 134 valence electrons. The lowest BCUT2D eigenvalue weighted by atomic mass is 9.97. The predicted octanol–water partition coefficient (Wildman–Crippen LogP) is 3.51. The first-order chi connectivity index (χ1) is 12.1. The van der Waals surface area contributed by atoms with Crippen LogP contribution >= 0.6 is 11.6 Å². The van der Waals surface area contributed by atoms with Crippen molar-refractivity contribution in [3.05, 3.63) is 28.8 Å². The number of terminal acetylenes is 1. The number of rotatable bonds is 4. The van der Waals surface area contributed by atoms with Crippen molar-refractivity contribution in [2.75, 3.05) is 6.61 Å². The molecule has 1 aromatic carbocycles. The number of halogens is 1. The summed E-state index contributed by atoms with van der Waals surface area (Å²) in [6.07, 6.45) is 13.3. The third-order valence-electron chi connectivity index (χ3n) is 4.14. The number of guanidine groups is 1. The van der Waals surface area contributed by atoms with E-state index in [1.807, 2.05) is 0 Å². The summed E-state index contributed by atoms with van der Waals surface area (Å²) in [4.78, 5) is 17.0. The molecule has 1 aliphatic rings. The number of carbonyl (C=O) groups excluding carboxylic acids is 1. The van der Waals surface area contributed by atoms with Gasteiger partial charge in [0.2, 0.25) is 0 Å². The molecule has 0 saturated heterocycles. The Hall–Kier alpha value is -2.19. The molecule has 1 saturated carbocycles. The summed E-state index contributed by atoms with van der Waals surface area (Å²) in [5.74, 6) is 2.44. The first kappa shape index (κ1) is 19.1. The number of hydrogen-bond donors (Lipinski definition) is 2. The maximum atomic E-state index is 12.5.